The molecular formula is C18H18ClFN2O3. The summed E-state index contributed by atoms with van der Waals surface area (Å²) in [5.74, 6) is -1.00. The molecule has 0 aromatic heterocycles. The van der Waals surface area contributed by atoms with Gasteiger partial charge in [0.05, 0.1) is 18.1 Å². The molecule has 0 aliphatic rings. The van der Waals surface area contributed by atoms with Crippen LogP contribution in [0.3, 0.4) is 0 Å². The molecule has 2 aromatic carbocycles. The zero-order valence-corrected chi connectivity index (χ0v) is 14.4. The number of nitrogens with one attached hydrogen (secondary N) is 2. The highest BCUT2D eigenvalue weighted by molar-refractivity contribution is 6.32. The van der Waals surface area contributed by atoms with E-state index in [9.17, 15) is 14.0 Å². The van der Waals surface area contributed by atoms with E-state index in [2.05, 4.69) is 10.9 Å². The first-order valence-corrected chi connectivity index (χ1v) is 8.13. The number of benzene rings is 2. The lowest BCUT2D eigenvalue weighted by atomic mass is 10.1. The molecule has 2 N–H and O–H groups in total. The molecular weight excluding hydrogens is 347 g/mol. The van der Waals surface area contributed by atoms with Crippen LogP contribution >= 0.6 is 11.6 Å². The fourth-order valence-corrected chi connectivity index (χ4v) is 2.22. The molecule has 2 amide bonds. The van der Waals surface area contributed by atoms with Crippen molar-refractivity contribution in [2.24, 2.45) is 0 Å². The summed E-state index contributed by atoms with van der Waals surface area (Å²) in [4.78, 5) is 23.6. The molecule has 0 saturated heterocycles. The number of ether oxygens (including phenoxy) is 1. The largest absolute Gasteiger partial charge is 0.491 e. The zero-order chi connectivity index (χ0) is 18.2. The van der Waals surface area contributed by atoms with E-state index in [1.165, 1.54) is 12.1 Å². The van der Waals surface area contributed by atoms with Crippen LogP contribution in [0.5, 0.6) is 5.75 Å². The van der Waals surface area contributed by atoms with Crippen molar-refractivity contribution >= 4 is 23.4 Å². The summed E-state index contributed by atoms with van der Waals surface area (Å²) in [5, 5.41) is 0.129. The molecule has 2 aromatic rings. The van der Waals surface area contributed by atoms with E-state index in [0.717, 1.165) is 18.1 Å². The van der Waals surface area contributed by atoms with E-state index in [4.69, 9.17) is 16.3 Å². The predicted octanol–water partition coefficient (Wildman–Crippen LogP) is 3.27. The second-order valence-corrected chi connectivity index (χ2v) is 5.63. The number of carbonyl (C=O) groups is 2. The summed E-state index contributed by atoms with van der Waals surface area (Å²) in [5.41, 5.74) is 6.22. The molecule has 0 spiro atoms. The Morgan fingerprint density at radius 3 is 2.48 bits per heavy atom. The summed E-state index contributed by atoms with van der Waals surface area (Å²) >= 11 is 5.81. The highest BCUT2D eigenvalue weighted by atomic mass is 35.5. The summed E-state index contributed by atoms with van der Waals surface area (Å²) in [6, 6.07) is 10.8. The van der Waals surface area contributed by atoms with Gasteiger partial charge in [-0.1, -0.05) is 30.7 Å². The van der Waals surface area contributed by atoms with Gasteiger partial charge in [-0.2, -0.15) is 0 Å². The minimum absolute atomic E-state index is 0.00274. The van der Waals surface area contributed by atoms with E-state index >= 15 is 0 Å². The van der Waals surface area contributed by atoms with Crippen molar-refractivity contribution in [3.8, 4) is 5.75 Å². The third kappa shape index (κ3) is 5.76. The van der Waals surface area contributed by atoms with E-state index in [1.54, 1.807) is 12.1 Å². The van der Waals surface area contributed by atoms with Crippen molar-refractivity contribution in [1.82, 2.24) is 10.9 Å². The van der Waals surface area contributed by atoms with Crippen molar-refractivity contribution in [1.29, 1.82) is 0 Å². The number of hydrogen-bond donors (Lipinski definition) is 2. The SMILES string of the molecule is CCc1ccc(C(=O)NNC(=O)CCOc2ccc(F)cc2Cl)cc1. The molecule has 0 heterocycles. The number of hydrogen-bond acceptors (Lipinski definition) is 3. The second kappa shape index (κ2) is 9.03. The van der Waals surface area contributed by atoms with E-state index in [-0.39, 0.29) is 23.8 Å². The molecule has 0 aliphatic heterocycles. The van der Waals surface area contributed by atoms with Crippen LogP contribution in [-0.2, 0) is 11.2 Å². The standard InChI is InChI=1S/C18H18ClFN2O3/c1-2-12-3-5-13(6-4-12)18(24)22-21-17(23)9-10-25-16-8-7-14(20)11-15(16)19/h3-8,11H,2,9-10H2,1H3,(H,21,23)(H,22,24). The van der Waals surface area contributed by atoms with Gasteiger partial charge in [-0.25, -0.2) is 4.39 Å². The highest BCUT2D eigenvalue weighted by Gasteiger charge is 2.08. The summed E-state index contributed by atoms with van der Waals surface area (Å²) < 4.78 is 18.2. The Kier molecular flexibility index (Phi) is 6.77. The maximum atomic E-state index is 12.9. The molecule has 132 valence electrons. The smallest absolute Gasteiger partial charge is 0.269 e. The molecule has 0 bridgehead atoms. The average Bonchev–Trinajstić information content (AvgIpc) is 2.61. The number of carbonyl (C=O) groups excluding carboxylic acids is 2. The van der Waals surface area contributed by atoms with Crippen LogP contribution in [-0.4, -0.2) is 18.4 Å². The van der Waals surface area contributed by atoms with E-state index in [0.29, 0.717) is 5.56 Å². The molecule has 0 radical (unpaired) electrons. The number of amides is 2. The Morgan fingerprint density at radius 1 is 1.12 bits per heavy atom. The maximum absolute atomic E-state index is 12.9. The first-order chi connectivity index (χ1) is 12.0. The lowest BCUT2D eigenvalue weighted by molar-refractivity contribution is -0.122. The van der Waals surface area contributed by atoms with Crippen LogP contribution in [0.15, 0.2) is 42.5 Å². The highest BCUT2D eigenvalue weighted by Crippen LogP contribution is 2.24. The van der Waals surface area contributed by atoms with Crippen LogP contribution in [0, 0.1) is 5.82 Å². The monoisotopic (exact) mass is 364 g/mol. The van der Waals surface area contributed by atoms with Gasteiger partial charge in [-0.15, -0.1) is 0 Å². The van der Waals surface area contributed by atoms with Crippen molar-refractivity contribution in [3.05, 3.63) is 64.4 Å². The lowest BCUT2D eigenvalue weighted by Gasteiger charge is -2.09. The summed E-state index contributed by atoms with van der Waals surface area (Å²) in [7, 11) is 0. The molecule has 7 heteroatoms. The molecule has 2 rings (SSSR count). The first-order valence-electron chi connectivity index (χ1n) is 7.75. The maximum Gasteiger partial charge on any atom is 0.269 e. The van der Waals surface area contributed by atoms with Crippen LogP contribution in [0.4, 0.5) is 4.39 Å². The van der Waals surface area contributed by atoms with E-state index < -0.39 is 17.6 Å². The third-order valence-electron chi connectivity index (χ3n) is 3.42. The number of hydrazine groups is 1. The number of halogens is 2. The molecule has 0 unspecified atom stereocenters. The predicted molar refractivity (Wildman–Crippen MR) is 93.0 cm³/mol. The van der Waals surface area contributed by atoms with Gasteiger partial charge in [0, 0.05) is 5.56 Å². The molecule has 0 fully saturated rings. The zero-order valence-electron chi connectivity index (χ0n) is 13.6. The molecule has 5 nitrogen and oxygen atoms in total. The van der Waals surface area contributed by atoms with Crippen LogP contribution in [0.25, 0.3) is 0 Å². The average molecular weight is 365 g/mol. The van der Waals surface area contributed by atoms with Gasteiger partial charge < -0.3 is 4.74 Å². The normalized spacial score (nSPS) is 10.2. The van der Waals surface area contributed by atoms with Crippen LogP contribution < -0.4 is 15.6 Å². The lowest BCUT2D eigenvalue weighted by Crippen LogP contribution is -2.42. The van der Waals surface area contributed by atoms with Crippen molar-refractivity contribution in [3.63, 3.8) is 0 Å². The summed E-state index contributed by atoms with van der Waals surface area (Å²) in [6.45, 7) is 2.06. The minimum Gasteiger partial charge on any atom is -0.491 e. The van der Waals surface area contributed by atoms with Gasteiger partial charge in [0.1, 0.15) is 11.6 Å². The Balaban J connectivity index is 1.73. The molecule has 25 heavy (non-hydrogen) atoms. The van der Waals surface area contributed by atoms with Crippen molar-refractivity contribution in [2.75, 3.05) is 6.61 Å². The third-order valence-corrected chi connectivity index (χ3v) is 3.72. The van der Waals surface area contributed by atoms with Gasteiger partial charge >= 0.3 is 0 Å². The van der Waals surface area contributed by atoms with Gasteiger partial charge in [0.15, 0.2) is 0 Å². The Bertz CT molecular complexity index is 750. The fraction of sp³-hybridized carbons (Fsp3) is 0.222. The van der Waals surface area contributed by atoms with Gasteiger partial charge in [0.25, 0.3) is 5.91 Å². The van der Waals surface area contributed by atoms with Crippen LogP contribution in [0.1, 0.15) is 29.3 Å². The van der Waals surface area contributed by atoms with Gasteiger partial charge in [-0.05, 0) is 42.3 Å². The first kappa shape index (κ1) is 18.7. The van der Waals surface area contributed by atoms with Crippen molar-refractivity contribution in [2.45, 2.75) is 19.8 Å². The Morgan fingerprint density at radius 2 is 1.84 bits per heavy atom. The molecule has 0 saturated carbocycles. The van der Waals surface area contributed by atoms with E-state index in [1.807, 2.05) is 19.1 Å². The second-order valence-electron chi connectivity index (χ2n) is 5.23. The van der Waals surface area contributed by atoms with Gasteiger partial charge in [0.2, 0.25) is 5.91 Å². The summed E-state index contributed by atoms with van der Waals surface area (Å²) in [6.07, 6.45) is 0.888. The Hall–Kier alpha value is -2.60. The topological polar surface area (TPSA) is 67.4 Å². The fourth-order valence-electron chi connectivity index (χ4n) is 2.00. The molecule has 0 aliphatic carbocycles. The van der Waals surface area contributed by atoms with Gasteiger partial charge in [-0.3, -0.25) is 20.4 Å². The minimum atomic E-state index is -0.468. The van der Waals surface area contributed by atoms with Crippen molar-refractivity contribution < 1.29 is 18.7 Å². The molecule has 0 atom stereocenters. The van der Waals surface area contributed by atoms with Crippen LogP contribution in [0.2, 0.25) is 5.02 Å². The Labute approximate surface area is 150 Å². The quantitative estimate of drug-likeness (QED) is 0.773. The number of rotatable bonds is 6. The number of aryl methyl sites for hydroxylation is 1.